The SMILES string of the molecule is CS(=O)(=O)c1ccc(-n2ccnc2N2CCOCC2)cc1. The van der Waals surface area contributed by atoms with Crippen molar-refractivity contribution in [1.82, 2.24) is 9.55 Å². The summed E-state index contributed by atoms with van der Waals surface area (Å²) in [6, 6.07) is 6.82. The third kappa shape index (κ3) is 2.93. The summed E-state index contributed by atoms with van der Waals surface area (Å²) in [4.78, 5) is 6.88. The fourth-order valence-corrected chi connectivity index (χ4v) is 2.98. The van der Waals surface area contributed by atoms with Gasteiger partial charge in [-0.25, -0.2) is 13.4 Å². The van der Waals surface area contributed by atoms with E-state index in [1.165, 1.54) is 6.26 Å². The highest BCUT2D eigenvalue weighted by molar-refractivity contribution is 7.90. The molecule has 0 unspecified atom stereocenters. The lowest BCUT2D eigenvalue weighted by atomic mass is 10.3. The largest absolute Gasteiger partial charge is 0.378 e. The highest BCUT2D eigenvalue weighted by Gasteiger charge is 2.17. The molecule has 2 aromatic rings. The van der Waals surface area contributed by atoms with Crippen LogP contribution in [0.1, 0.15) is 0 Å². The Morgan fingerprint density at radius 3 is 2.43 bits per heavy atom. The van der Waals surface area contributed by atoms with Crippen LogP contribution in [0.5, 0.6) is 0 Å². The Labute approximate surface area is 123 Å². The molecule has 1 aliphatic heterocycles. The highest BCUT2D eigenvalue weighted by atomic mass is 32.2. The van der Waals surface area contributed by atoms with Crippen LogP contribution < -0.4 is 4.90 Å². The molecule has 0 N–H and O–H groups in total. The second-order valence-electron chi connectivity index (χ2n) is 4.96. The average molecular weight is 307 g/mol. The molecule has 1 aliphatic rings. The number of benzene rings is 1. The summed E-state index contributed by atoms with van der Waals surface area (Å²) in [5.41, 5.74) is 0.890. The lowest BCUT2D eigenvalue weighted by Crippen LogP contribution is -2.37. The zero-order valence-electron chi connectivity index (χ0n) is 11.8. The standard InChI is InChI=1S/C14H17N3O3S/c1-21(18,19)13-4-2-12(3-5-13)17-7-6-15-14(17)16-8-10-20-11-9-16/h2-7H,8-11H2,1H3. The van der Waals surface area contributed by atoms with Gasteiger partial charge in [0.1, 0.15) is 0 Å². The number of morpholine rings is 1. The smallest absolute Gasteiger partial charge is 0.210 e. The maximum atomic E-state index is 11.5. The third-order valence-corrected chi connectivity index (χ3v) is 4.59. The summed E-state index contributed by atoms with van der Waals surface area (Å²) in [6.45, 7) is 3.00. The number of ether oxygens (including phenoxy) is 1. The van der Waals surface area contributed by atoms with E-state index >= 15 is 0 Å². The van der Waals surface area contributed by atoms with E-state index < -0.39 is 9.84 Å². The summed E-state index contributed by atoms with van der Waals surface area (Å²) >= 11 is 0. The minimum atomic E-state index is -3.17. The van der Waals surface area contributed by atoms with E-state index in [9.17, 15) is 8.42 Å². The second kappa shape index (κ2) is 5.50. The Morgan fingerprint density at radius 1 is 1.14 bits per heavy atom. The lowest BCUT2D eigenvalue weighted by molar-refractivity contribution is 0.122. The minimum Gasteiger partial charge on any atom is -0.378 e. The number of hydrogen-bond acceptors (Lipinski definition) is 5. The van der Waals surface area contributed by atoms with E-state index in [4.69, 9.17) is 4.74 Å². The molecule has 21 heavy (non-hydrogen) atoms. The van der Waals surface area contributed by atoms with Gasteiger partial charge in [-0.1, -0.05) is 0 Å². The molecule has 2 heterocycles. The van der Waals surface area contributed by atoms with Crippen LogP contribution in [0.25, 0.3) is 5.69 Å². The number of imidazole rings is 1. The van der Waals surface area contributed by atoms with Crippen LogP contribution in [0, 0.1) is 0 Å². The van der Waals surface area contributed by atoms with Crippen LogP contribution in [-0.4, -0.2) is 50.5 Å². The zero-order chi connectivity index (χ0) is 14.9. The molecule has 0 spiro atoms. The zero-order valence-corrected chi connectivity index (χ0v) is 12.6. The number of hydrogen-bond donors (Lipinski definition) is 0. The fraction of sp³-hybridized carbons (Fsp3) is 0.357. The molecule has 1 aromatic carbocycles. The van der Waals surface area contributed by atoms with Crippen molar-refractivity contribution in [2.75, 3.05) is 37.5 Å². The number of rotatable bonds is 3. The van der Waals surface area contributed by atoms with Gasteiger partial charge in [0.2, 0.25) is 5.95 Å². The van der Waals surface area contributed by atoms with Crippen LogP contribution in [0.2, 0.25) is 0 Å². The van der Waals surface area contributed by atoms with E-state index in [1.807, 2.05) is 10.8 Å². The average Bonchev–Trinajstić information content (AvgIpc) is 2.97. The molecule has 3 rings (SSSR count). The topological polar surface area (TPSA) is 64.4 Å². The number of sulfone groups is 1. The first-order valence-corrected chi connectivity index (χ1v) is 8.61. The first-order chi connectivity index (χ1) is 10.1. The van der Waals surface area contributed by atoms with Crippen LogP contribution in [0.4, 0.5) is 5.95 Å². The Bertz CT molecular complexity index is 716. The predicted molar refractivity (Wildman–Crippen MR) is 79.7 cm³/mol. The van der Waals surface area contributed by atoms with Gasteiger partial charge < -0.3 is 9.64 Å². The van der Waals surface area contributed by atoms with E-state index in [-0.39, 0.29) is 0 Å². The molecule has 1 fully saturated rings. The molecular weight excluding hydrogens is 290 g/mol. The summed E-state index contributed by atoms with van der Waals surface area (Å²) < 4.78 is 30.3. The van der Waals surface area contributed by atoms with Gasteiger partial charge >= 0.3 is 0 Å². The van der Waals surface area contributed by atoms with Crippen molar-refractivity contribution in [1.29, 1.82) is 0 Å². The molecule has 1 saturated heterocycles. The first-order valence-electron chi connectivity index (χ1n) is 6.72. The first kappa shape index (κ1) is 14.1. The van der Waals surface area contributed by atoms with E-state index in [1.54, 1.807) is 30.5 Å². The molecule has 1 aromatic heterocycles. The molecule has 112 valence electrons. The van der Waals surface area contributed by atoms with Crippen molar-refractivity contribution in [3.8, 4) is 5.69 Å². The van der Waals surface area contributed by atoms with Gasteiger partial charge in [0.05, 0.1) is 18.1 Å². The Balaban J connectivity index is 1.92. The van der Waals surface area contributed by atoms with Crippen molar-refractivity contribution in [2.45, 2.75) is 4.90 Å². The lowest BCUT2D eigenvalue weighted by Gasteiger charge is -2.28. The van der Waals surface area contributed by atoms with Gasteiger partial charge in [-0.15, -0.1) is 0 Å². The van der Waals surface area contributed by atoms with Gasteiger partial charge in [-0.3, -0.25) is 4.57 Å². The third-order valence-electron chi connectivity index (χ3n) is 3.46. The second-order valence-corrected chi connectivity index (χ2v) is 6.98. The van der Waals surface area contributed by atoms with Crippen LogP contribution in [-0.2, 0) is 14.6 Å². The predicted octanol–water partition coefficient (Wildman–Crippen LogP) is 1.11. The Hall–Kier alpha value is -1.86. The fourth-order valence-electron chi connectivity index (χ4n) is 2.35. The molecule has 0 bridgehead atoms. The van der Waals surface area contributed by atoms with Gasteiger partial charge in [-0.2, -0.15) is 0 Å². The molecule has 0 amide bonds. The monoisotopic (exact) mass is 307 g/mol. The minimum absolute atomic E-state index is 0.319. The molecule has 6 nitrogen and oxygen atoms in total. The molecule has 0 saturated carbocycles. The normalized spacial score (nSPS) is 16.1. The summed E-state index contributed by atoms with van der Waals surface area (Å²) in [7, 11) is -3.17. The van der Waals surface area contributed by atoms with E-state index in [0.717, 1.165) is 24.7 Å². The van der Waals surface area contributed by atoms with Gasteiger partial charge in [0.15, 0.2) is 9.84 Å². The van der Waals surface area contributed by atoms with Gasteiger partial charge in [-0.05, 0) is 24.3 Å². The molecule has 7 heteroatoms. The van der Waals surface area contributed by atoms with Crippen LogP contribution in [0.3, 0.4) is 0 Å². The number of anilines is 1. The van der Waals surface area contributed by atoms with Crippen LogP contribution >= 0.6 is 0 Å². The highest BCUT2D eigenvalue weighted by Crippen LogP contribution is 2.20. The van der Waals surface area contributed by atoms with Crippen molar-refractivity contribution < 1.29 is 13.2 Å². The van der Waals surface area contributed by atoms with E-state index in [2.05, 4.69) is 9.88 Å². The van der Waals surface area contributed by atoms with Crippen molar-refractivity contribution in [2.24, 2.45) is 0 Å². The summed E-state index contributed by atoms with van der Waals surface area (Å²) in [6.07, 6.45) is 4.83. The molecule has 0 radical (unpaired) electrons. The summed E-state index contributed by atoms with van der Waals surface area (Å²) in [5, 5.41) is 0. The Morgan fingerprint density at radius 2 is 1.81 bits per heavy atom. The van der Waals surface area contributed by atoms with Crippen molar-refractivity contribution >= 4 is 15.8 Å². The number of nitrogens with zero attached hydrogens (tertiary/aromatic N) is 3. The maximum absolute atomic E-state index is 11.5. The summed E-state index contributed by atoms with van der Waals surface area (Å²) in [5.74, 6) is 0.852. The maximum Gasteiger partial charge on any atom is 0.210 e. The van der Waals surface area contributed by atoms with E-state index in [0.29, 0.717) is 18.1 Å². The molecule has 0 aliphatic carbocycles. The Kier molecular flexibility index (Phi) is 3.69. The van der Waals surface area contributed by atoms with Crippen molar-refractivity contribution in [3.63, 3.8) is 0 Å². The molecular formula is C14H17N3O3S. The number of aromatic nitrogens is 2. The van der Waals surface area contributed by atoms with Crippen LogP contribution in [0.15, 0.2) is 41.6 Å². The van der Waals surface area contributed by atoms with Gasteiger partial charge in [0, 0.05) is 37.4 Å². The van der Waals surface area contributed by atoms with Gasteiger partial charge in [0.25, 0.3) is 0 Å². The van der Waals surface area contributed by atoms with Crippen molar-refractivity contribution in [3.05, 3.63) is 36.7 Å². The quantitative estimate of drug-likeness (QED) is 0.850. The molecule has 0 atom stereocenters.